The van der Waals surface area contributed by atoms with Gasteiger partial charge in [0.05, 0.1) is 5.54 Å². The van der Waals surface area contributed by atoms with Crippen molar-refractivity contribution in [2.24, 2.45) is 5.92 Å². The van der Waals surface area contributed by atoms with Gasteiger partial charge in [0.15, 0.2) is 0 Å². The second-order valence-corrected chi connectivity index (χ2v) is 10.2. The summed E-state index contributed by atoms with van der Waals surface area (Å²) >= 11 is 1.81. The van der Waals surface area contributed by atoms with E-state index in [4.69, 9.17) is 10.2 Å². The van der Waals surface area contributed by atoms with Crippen molar-refractivity contribution in [3.63, 3.8) is 0 Å². The Morgan fingerprint density at radius 1 is 0.872 bits per heavy atom. The number of aliphatic carboxylic acids is 2. The summed E-state index contributed by atoms with van der Waals surface area (Å²) in [6.45, 7) is 1.75. The van der Waals surface area contributed by atoms with E-state index in [2.05, 4.69) is 17.0 Å². The van der Waals surface area contributed by atoms with Gasteiger partial charge in [-0.3, -0.25) is 4.90 Å². The van der Waals surface area contributed by atoms with Gasteiger partial charge in [-0.25, -0.2) is 18.4 Å². The molecule has 1 fully saturated rings. The molecule has 3 N–H and O–H groups in total. The van der Waals surface area contributed by atoms with E-state index in [-0.39, 0.29) is 24.2 Å². The summed E-state index contributed by atoms with van der Waals surface area (Å²) in [5, 5.41) is 25.6. The molecule has 0 spiro atoms. The average molecular weight is 556 g/mol. The quantitative estimate of drug-likeness (QED) is 0.240. The summed E-state index contributed by atoms with van der Waals surface area (Å²) in [5.41, 5.74) is 1.41. The maximum absolute atomic E-state index is 13.8. The number of hydrogen-bond donors (Lipinski definition) is 3. The van der Waals surface area contributed by atoms with Crippen LogP contribution in [0.1, 0.15) is 24.0 Å². The number of halogens is 2. The van der Waals surface area contributed by atoms with Crippen LogP contribution in [0, 0.1) is 17.6 Å². The molecule has 0 radical (unpaired) electrons. The van der Waals surface area contributed by atoms with Crippen LogP contribution in [-0.2, 0) is 15.1 Å². The second kappa shape index (κ2) is 14.6. The number of thioether (sulfide) groups is 1. The van der Waals surface area contributed by atoms with E-state index in [1.54, 1.807) is 11.8 Å². The van der Waals surface area contributed by atoms with Crippen LogP contribution in [0.15, 0.2) is 95.9 Å². The number of aliphatic hydroxyl groups is 1. The lowest BCUT2D eigenvalue weighted by molar-refractivity contribution is -0.134. The van der Waals surface area contributed by atoms with Gasteiger partial charge in [0, 0.05) is 36.0 Å². The molecule has 0 aliphatic carbocycles. The highest BCUT2D eigenvalue weighted by Crippen LogP contribution is 2.45. The minimum Gasteiger partial charge on any atom is -0.478 e. The number of rotatable bonds is 9. The molecule has 4 rings (SSSR count). The molecular weight excluding hydrogens is 524 g/mol. The number of nitrogens with zero attached hydrogens (tertiary/aromatic N) is 1. The monoisotopic (exact) mass is 555 g/mol. The van der Waals surface area contributed by atoms with Gasteiger partial charge in [-0.15, -0.1) is 11.8 Å². The van der Waals surface area contributed by atoms with Gasteiger partial charge in [-0.2, -0.15) is 0 Å². The maximum Gasteiger partial charge on any atom is 0.328 e. The van der Waals surface area contributed by atoms with Gasteiger partial charge in [0.2, 0.25) is 0 Å². The number of benzene rings is 3. The summed E-state index contributed by atoms with van der Waals surface area (Å²) < 4.78 is 27.5. The van der Waals surface area contributed by atoms with Crippen molar-refractivity contribution in [1.82, 2.24) is 4.90 Å². The molecule has 1 saturated heterocycles. The summed E-state index contributed by atoms with van der Waals surface area (Å²) in [6, 6.07) is 23.6. The van der Waals surface area contributed by atoms with E-state index in [0.29, 0.717) is 18.6 Å². The van der Waals surface area contributed by atoms with Gasteiger partial charge < -0.3 is 15.3 Å². The zero-order chi connectivity index (χ0) is 28.3. The predicted molar refractivity (Wildman–Crippen MR) is 147 cm³/mol. The number of carbonyl (C=O) groups is 2. The Bertz CT molecular complexity index is 1170. The van der Waals surface area contributed by atoms with Gasteiger partial charge in [0.25, 0.3) is 0 Å². The molecule has 3 aromatic rings. The molecule has 206 valence electrons. The van der Waals surface area contributed by atoms with E-state index in [9.17, 15) is 23.5 Å². The summed E-state index contributed by atoms with van der Waals surface area (Å²) in [5.74, 6) is -2.04. The Balaban J connectivity index is 0.000000459. The van der Waals surface area contributed by atoms with Crippen molar-refractivity contribution in [2.45, 2.75) is 23.3 Å². The number of likely N-dealkylation sites (tertiary alicyclic amines) is 1. The molecule has 39 heavy (non-hydrogen) atoms. The van der Waals surface area contributed by atoms with Crippen LogP contribution in [0.5, 0.6) is 0 Å². The lowest BCUT2D eigenvalue weighted by Gasteiger charge is -2.50. The van der Waals surface area contributed by atoms with Crippen LogP contribution in [0.3, 0.4) is 0 Å². The smallest absolute Gasteiger partial charge is 0.328 e. The molecule has 1 aliphatic rings. The Morgan fingerprint density at radius 3 is 1.85 bits per heavy atom. The van der Waals surface area contributed by atoms with Crippen LogP contribution in [0.2, 0.25) is 0 Å². The van der Waals surface area contributed by atoms with Crippen molar-refractivity contribution in [3.8, 4) is 0 Å². The minimum atomic E-state index is -1.26. The first kappa shape index (κ1) is 30.0. The highest BCUT2D eigenvalue weighted by Gasteiger charge is 2.44. The van der Waals surface area contributed by atoms with Crippen LogP contribution in [-0.4, -0.2) is 57.6 Å². The van der Waals surface area contributed by atoms with Crippen LogP contribution >= 0.6 is 11.8 Å². The summed E-state index contributed by atoms with van der Waals surface area (Å²) in [7, 11) is 0. The normalized spacial score (nSPS) is 16.8. The molecule has 0 aromatic heterocycles. The molecule has 1 atom stereocenters. The van der Waals surface area contributed by atoms with Crippen LogP contribution < -0.4 is 0 Å². The molecule has 0 bridgehead atoms. The first-order chi connectivity index (χ1) is 18.7. The van der Waals surface area contributed by atoms with Crippen LogP contribution in [0.25, 0.3) is 0 Å². The number of carboxylic acids is 2. The Labute approximate surface area is 230 Å². The number of aliphatic hydroxyl groups excluding tert-OH is 1. The zero-order valence-electron chi connectivity index (χ0n) is 21.2. The third kappa shape index (κ3) is 8.48. The first-order valence-corrected chi connectivity index (χ1v) is 13.4. The highest BCUT2D eigenvalue weighted by molar-refractivity contribution is 7.99. The lowest BCUT2D eigenvalue weighted by atomic mass is 9.71. The second-order valence-electron chi connectivity index (χ2n) is 9.07. The van der Waals surface area contributed by atoms with Crippen LogP contribution in [0.4, 0.5) is 8.78 Å². The van der Waals surface area contributed by atoms with E-state index < -0.39 is 17.5 Å². The summed E-state index contributed by atoms with van der Waals surface area (Å²) in [6.07, 6.45) is 2.72. The Kier molecular flexibility index (Phi) is 11.2. The number of carboxylic acid groups (broad SMARTS) is 2. The Morgan fingerprint density at radius 2 is 1.38 bits per heavy atom. The van der Waals surface area contributed by atoms with Crippen molar-refractivity contribution >= 4 is 23.7 Å². The van der Waals surface area contributed by atoms with Crippen molar-refractivity contribution < 1.29 is 33.7 Å². The van der Waals surface area contributed by atoms with Crippen molar-refractivity contribution in [1.29, 1.82) is 0 Å². The van der Waals surface area contributed by atoms with Gasteiger partial charge in [-0.1, -0.05) is 42.5 Å². The van der Waals surface area contributed by atoms with Gasteiger partial charge in [0.1, 0.15) is 11.6 Å². The lowest BCUT2D eigenvalue weighted by Crippen LogP contribution is -2.53. The molecule has 9 heteroatoms. The molecule has 3 aromatic carbocycles. The molecule has 1 aliphatic heterocycles. The molecular formula is C30H31F2NO5S. The number of hydrogen-bond acceptors (Lipinski definition) is 5. The third-order valence-corrected chi connectivity index (χ3v) is 7.57. The van der Waals surface area contributed by atoms with E-state index in [0.717, 1.165) is 36.4 Å². The first-order valence-electron chi connectivity index (χ1n) is 12.4. The molecule has 1 heterocycles. The minimum absolute atomic E-state index is 0.108. The zero-order valence-corrected chi connectivity index (χ0v) is 22.1. The van der Waals surface area contributed by atoms with Gasteiger partial charge >= 0.3 is 11.9 Å². The highest BCUT2D eigenvalue weighted by atomic mass is 32.2. The largest absolute Gasteiger partial charge is 0.478 e. The molecule has 0 amide bonds. The third-order valence-electron chi connectivity index (χ3n) is 6.57. The van der Waals surface area contributed by atoms with E-state index in [1.807, 2.05) is 42.5 Å². The molecule has 0 saturated carbocycles. The molecule has 6 nitrogen and oxygen atoms in total. The van der Waals surface area contributed by atoms with Crippen molar-refractivity contribution in [2.75, 3.05) is 25.4 Å². The van der Waals surface area contributed by atoms with Gasteiger partial charge in [-0.05, 0) is 72.8 Å². The van der Waals surface area contributed by atoms with Crippen molar-refractivity contribution in [3.05, 3.63) is 114 Å². The topological polar surface area (TPSA) is 98.1 Å². The average Bonchev–Trinajstić information content (AvgIpc) is 2.94. The standard InChI is InChI=1S/C26H27F2NOS.C4H4O4/c27-23-10-6-21(7-11-23)26(22-8-12-24(28)13-9-22)18-20(19-30)14-15-29(26)16-17-31-25-4-2-1-3-5-25;5-3(6)1-2-4(7)8/h1-13,20,30H,14-19H2;1-2H,(H,5,6)(H,7,8). The Hall–Kier alpha value is -3.53. The fraction of sp³-hybridized carbons (Fsp3) is 0.267. The SMILES string of the molecule is O=C(O)C=CC(=O)O.OCC1CCN(CCSc2ccccc2)C(c2ccc(F)cc2)(c2ccc(F)cc2)C1. The van der Waals surface area contributed by atoms with E-state index >= 15 is 0 Å². The fourth-order valence-corrected chi connectivity index (χ4v) is 5.69. The predicted octanol–water partition coefficient (Wildman–Crippen LogP) is 5.42. The molecule has 1 unspecified atom stereocenters. The van der Waals surface area contributed by atoms with E-state index in [1.165, 1.54) is 29.2 Å². The fourth-order valence-electron chi connectivity index (χ4n) is 4.79. The number of piperidine rings is 1. The summed E-state index contributed by atoms with van der Waals surface area (Å²) in [4.78, 5) is 22.8. The maximum atomic E-state index is 13.8.